The molecule has 0 aliphatic rings. The summed E-state index contributed by atoms with van der Waals surface area (Å²) in [6.45, 7) is 0. The molecule has 0 spiro atoms. The average molecular weight is 275 g/mol. The zero-order chi connectivity index (χ0) is 10.1. The normalized spacial score (nSPS) is 10.7. The number of rotatable bonds is 1. The first kappa shape index (κ1) is 9.61. The summed E-state index contributed by atoms with van der Waals surface area (Å²) in [5, 5.41) is 8.43. The van der Waals surface area contributed by atoms with Gasteiger partial charge in [0.25, 0.3) is 5.56 Å². The van der Waals surface area contributed by atoms with E-state index in [9.17, 15) is 4.79 Å². The summed E-state index contributed by atoms with van der Waals surface area (Å²) in [4.78, 5) is 15.2. The molecule has 0 saturated carbocycles. The molecular weight excluding hydrogens is 269 g/mol. The Bertz CT molecular complexity index is 540. The van der Waals surface area contributed by atoms with E-state index in [1.165, 1.54) is 6.20 Å². The molecule has 0 unspecified atom stereocenters. The molecule has 2 rings (SSSR count). The minimum absolute atomic E-state index is 0.256. The Labute approximate surface area is 92.4 Å². The van der Waals surface area contributed by atoms with Crippen LogP contribution >= 0.6 is 27.5 Å². The van der Waals surface area contributed by atoms with Crippen molar-refractivity contribution in [3.63, 3.8) is 0 Å². The zero-order valence-electron chi connectivity index (χ0n) is 6.92. The maximum Gasteiger partial charge on any atom is 0.273 e. The van der Waals surface area contributed by atoms with Gasteiger partial charge in [-0.1, -0.05) is 27.5 Å². The van der Waals surface area contributed by atoms with Gasteiger partial charge in [-0.05, 0) is 6.07 Å². The lowest BCUT2D eigenvalue weighted by atomic mass is 10.2. The SMILES string of the molecule is O=c1[nH]nc(CBr)c2cc(Cl)ncc12. The van der Waals surface area contributed by atoms with Crippen molar-refractivity contribution in [2.24, 2.45) is 0 Å². The van der Waals surface area contributed by atoms with Crippen molar-refractivity contribution in [2.75, 3.05) is 0 Å². The van der Waals surface area contributed by atoms with Gasteiger partial charge in [-0.15, -0.1) is 0 Å². The third-order valence-electron chi connectivity index (χ3n) is 1.85. The summed E-state index contributed by atoms with van der Waals surface area (Å²) in [6, 6.07) is 1.63. The van der Waals surface area contributed by atoms with E-state index in [-0.39, 0.29) is 5.56 Å². The molecule has 4 nitrogen and oxygen atoms in total. The summed E-state index contributed by atoms with van der Waals surface area (Å²) in [7, 11) is 0. The van der Waals surface area contributed by atoms with Gasteiger partial charge in [0.15, 0.2) is 0 Å². The number of aromatic nitrogens is 3. The third kappa shape index (κ3) is 1.53. The highest BCUT2D eigenvalue weighted by atomic mass is 79.9. The number of pyridine rings is 1. The van der Waals surface area contributed by atoms with Gasteiger partial charge in [-0.25, -0.2) is 10.1 Å². The van der Waals surface area contributed by atoms with Gasteiger partial charge < -0.3 is 0 Å². The molecule has 0 radical (unpaired) electrons. The molecule has 2 aromatic heterocycles. The molecule has 0 saturated heterocycles. The molecule has 2 heterocycles. The summed E-state index contributed by atoms with van der Waals surface area (Å²) in [5.74, 6) is 0. The third-order valence-corrected chi connectivity index (χ3v) is 2.58. The van der Waals surface area contributed by atoms with Crippen LogP contribution in [-0.4, -0.2) is 15.2 Å². The number of H-pyrrole nitrogens is 1. The Morgan fingerprint density at radius 2 is 2.29 bits per heavy atom. The van der Waals surface area contributed by atoms with Crippen molar-refractivity contribution in [3.8, 4) is 0 Å². The molecule has 0 aliphatic heterocycles. The van der Waals surface area contributed by atoms with E-state index in [4.69, 9.17) is 11.6 Å². The van der Waals surface area contributed by atoms with Gasteiger partial charge in [0.2, 0.25) is 0 Å². The number of hydrogen-bond acceptors (Lipinski definition) is 3. The topological polar surface area (TPSA) is 58.6 Å². The quantitative estimate of drug-likeness (QED) is 0.638. The van der Waals surface area contributed by atoms with Crippen molar-refractivity contribution in [2.45, 2.75) is 5.33 Å². The average Bonchev–Trinajstić information content (AvgIpc) is 2.18. The second-order valence-electron chi connectivity index (χ2n) is 2.69. The molecule has 0 atom stereocenters. The Kier molecular flexibility index (Phi) is 2.52. The lowest BCUT2D eigenvalue weighted by Gasteiger charge is -2.00. The van der Waals surface area contributed by atoms with E-state index in [1.54, 1.807) is 6.07 Å². The van der Waals surface area contributed by atoms with Gasteiger partial charge in [-0.3, -0.25) is 4.79 Å². The van der Waals surface area contributed by atoms with Crippen LogP contribution in [0.2, 0.25) is 5.15 Å². The Morgan fingerprint density at radius 3 is 3.00 bits per heavy atom. The highest BCUT2D eigenvalue weighted by Gasteiger charge is 2.06. The van der Waals surface area contributed by atoms with Gasteiger partial charge in [0.1, 0.15) is 5.15 Å². The van der Waals surface area contributed by atoms with Crippen LogP contribution in [0.1, 0.15) is 5.69 Å². The van der Waals surface area contributed by atoms with Crippen LogP contribution in [0.4, 0.5) is 0 Å². The molecule has 2 aromatic rings. The summed E-state index contributed by atoms with van der Waals surface area (Å²) >= 11 is 9.01. The number of halogens is 2. The van der Waals surface area contributed by atoms with Crippen molar-refractivity contribution in [3.05, 3.63) is 33.5 Å². The zero-order valence-corrected chi connectivity index (χ0v) is 9.26. The number of fused-ring (bicyclic) bond motifs is 1. The van der Waals surface area contributed by atoms with Crippen LogP contribution in [-0.2, 0) is 5.33 Å². The van der Waals surface area contributed by atoms with Crippen LogP contribution in [0.5, 0.6) is 0 Å². The molecule has 0 amide bonds. The molecule has 0 aromatic carbocycles. The lowest BCUT2D eigenvalue weighted by Crippen LogP contribution is -2.10. The Hall–Kier alpha value is -0.940. The highest BCUT2D eigenvalue weighted by molar-refractivity contribution is 9.08. The molecule has 72 valence electrons. The van der Waals surface area contributed by atoms with Gasteiger partial charge in [0.05, 0.1) is 11.1 Å². The molecule has 0 aliphatic carbocycles. The number of hydrogen-bond donors (Lipinski definition) is 1. The van der Waals surface area contributed by atoms with Crippen LogP contribution in [0.25, 0.3) is 10.8 Å². The van der Waals surface area contributed by atoms with Crippen molar-refractivity contribution < 1.29 is 0 Å². The standard InChI is InChI=1S/C8H5BrClN3O/c9-2-6-4-1-7(10)11-3-5(4)8(14)13-12-6/h1,3H,2H2,(H,13,14). The van der Waals surface area contributed by atoms with Crippen molar-refractivity contribution >= 4 is 38.3 Å². The fraction of sp³-hybridized carbons (Fsp3) is 0.125. The van der Waals surface area contributed by atoms with E-state index in [1.807, 2.05) is 0 Å². The van der Waals surface area contributed by atoms with E-state index in [2.05, 4.69) is 31.1 Å². The van der Waals surface area contributed by atoms with Gasteiger partial charge >= 0.3 is 0 Å². The van der Waals surface area contributed by atoms with Crippen molar-refractivity contribution in [1.82, 2.24) is 15.2 Å². The van der Waals surface area contributed by atoms with Gasteiger partial charge in [0, 0.05) is 16.9 Å². The number of alkyl halides is 1. The molecular formula is C8H5BrClN3O. The van der Waals surface area contributed by atoms with E-state index >= 15 is 0 Å². The minimum Gasteiger partial charge on any atom is -0.267 e. The number of aromatic amines is 1. The van der Waals surface area contributed by atoms with Crippen LogP contribution in [0.3, 0.4) is 0 Å². The summed E-state index contributed by atoms with van der Waals surface area (Å²) in [5.41, 5.74) is 0.484. The molecule has 1 N–H and O–H groups in total. The van der Waals surface area contributed by atoms with Crippen molar-refractivity contribution in [1.29, 1.82) is 0 Å². The minimum atomic E-state index is -0.256. The second-order valence-corrected chi connectivity index (χ2v) is 3.63. The van der Waals surface area contributed by atoms with Crippen LogP contribution in [0, 0.1) is 0 Å². The molecule has 0 bridgehead atoms. The fourth-order valence-corrected chi connectivity index (χ4v) is 1.78. The Morgan fingerprint density at radius 1 is 1.50 bits per heavy atom. The summed E-state index contributed by atoms with van der Waals surface area (Å²) in [6.07, 6.45) is 1.45. The highest BCUT2D eigenvalue weighted by Crippen LogP contribution is 2.17. The molecule has 6 heteroatoms. The number of nitrogens with zero attached hydrogens (tertiary/aromatic N) is 2. The van der Waals surface area contributed by atoms with Crippen LogP contribution in [0.15, 0.2) is 17.1 Å². The molecule has 0 fully saturated rings. The van der Waals surface area contributed by atoms with E-state index in [0.717, 1.165) is 11.1 Å². The second kappa shape index (κ2) is 3.67. The molecule has 14 heavy (non-hydrogen) atoms. The predicted octanol–water partition coefficient (Wildman–Crippen LogP) is 1.87. The fourth-order valence-electron chi connectivity index (χ4n) is 1.19. The first-order chi connectivity index (χ1) is 6.72. The van der Waals surface area contributed by atoms with Crippen LogP contribution < -0.4 is 5.56 Å². The maximum absolute atomic E-state index is 11.3. The predicted molar refractivity (Wildman–Crippen MR) is 57.8 cm³/mol. The maximum atomic E-state index is 11.3. The monoisotopic (exact) mass is 273 g/mol. The number of nitrogens with one attached hydrogen (secondary N) is 1. The first-order valence-electron chi connectivity index (χ1n) is 3.81. The Balaban J connectivity index is 2.92. The smallest absolute Gasteiger partial charge is 0.267 e. The van der Waals surface area contributed by atoms with E-state index < -0.39 is 0 Å². The van der Waals surface area contributed by atoms with Gasteiger partial charge in [-0.2, -0.15) is 5.10 Å². The van der Waals surface area contributed by atoms with E-state index in [0.29, 0.717) is 15.9 Å². The summed E-state index contributed by atoms with van der Waals surface area (Å²) < 4.78 is 0. The largest absolute Gasteiger partial charge is 0.273 e. The lowest BCUT2D eigenvalue weighted by molar-refractivity contribution is 0.963. The first-order valence-corrected chi connectivity index (χ1v) is 5.31.